The number of hydrogen-bond acceptors (Lipinski definition) is 5. The van der Waals surface area contributed by atoms with Crippen LogP contribution >= 0.6 is 0 Å². The molecule has 5 rings (SSSR count). The molecule has 7 heteroatoms. The zero-order valence-corrected chi connectivity index (χ0v) is 17.7. The Morgan fingerprint density at radius 1 is 0.677 bits per heavy atom. The predicted molar refractivity (Wildman–Crippen MR) is 122 cm³/mol. The van der Waals surface area contributed by atoms with Gasteiger partial charge in [-0.05, 0) is 41.1 Å². The molecule has 156 valence electrons. The van der Waals surface area contributed by atoms with Crippen molar-refractivity contribution in [1.29, 1.82) is 0 Å². The zero-order chi connectivity index (χ0) is 21.3. The number of anilines is 1. The molecule has 0 N–H and O–H groups in total. The van der Waals surface area contributed by atoms with E-state index in [9.17, 15) is 8.42 Å². The molecule has 31 heavy (non-hydrogen) atoms. The van der Waals surface area contributed by atoms with Crippen molar-refractivity contribution in [3.8, 4) is 11.3 Å². The van der Waals surface area contributed by atoms with Gasteiger partial charge in [0.25, 0.3) is 0 Å². The summed E-state index contributed by atoms with van der Waals surface area (Å²) in [6, 6.07) is 27.0. The molecular formula is C24H22N4O2S. The highest BCUT2D eigenvalue weighted by Gasteiger charge is 2.28. The van der Waals surface area contributed by atoms with Crippen molar-refractivity contribution in [1.82, 2.24) is 14.5 Å². The van der Waals surface area contributed by atoms with Crippen molar-refractivity contribution < 1.29 is 8.42 Å². The van der Waals surface area contributed by atoms with Crippen LogP contribution in [-0.4, -0.2) is 49.1 Å². The average Bonchev–Trinajstić information content (AvgIpc) is 2.84. The second-order valence-electron chi connectivity index (χ2n) is 7.54. The van der Waals surface area contributed by atoms with Gasteiger partial charge in [-0.15, -0.1) is 10.2 Å². The third-order valence-corrected chi connectivity index (χ3v) is 7.55. The summed E-state index contributed by atoms with van der Waals surface area (Å²) >= 11 is 0. The molecule has 0 aliphatic carbocycles. The van der Waals surface area contributed by atoms with E-state index in [4.69, 9.17) is 0 Å². The second-order valence-corrected chi connectivity index (χ2v) is 9.48. The quantitative estimate of drug-likeness (QED) is 0.493. The number of hydrogen-bond donors (Lipinski definition) is 0. The Balaban J connectivity index is 1.29. The summed E-state index contributed by atoms with van der Waals surface area (Å²) in [4.78, 5) is 2.41. The molecule has 1 aromatic heterocycles. The van der Waals surface area contributed by atoms with E-state index in [1.165, 1.54) is 15.1 Å². The van der Waals surface area contributed by atoms with E-state index in [0.29, 0.717) is 31.1 Å². The highest BCUT2D eigenvalue weighted by molar-refractivity contribution is 7.89. The Morgan fingerprint density at radius 3 is 2.10 bits per heavy atom. The Kier molecular flexibility index (Phi) is 5.13. The van der Waals surface area contributed by atoms with Gasteiger partial charge in [0.1, 0.15) is 0 Å². The van der Waals surface area contributed by atoms with Crippen molar-refractivity contribution in [2.24, 2.45) is 0 Å². The largest absolute Gasteiger partial charge is 0.352 e. The molecule has 4 aromatic rings. The lowest BCUT2D eigenvalue weighted by atomic mass is 10.1. The maximum absolute atomic E-state index is 12.8. The van der Waals surface area contributed by atoms with Crippen LogP contribution in [0.25, 0.3) is 22.0 Å². The minimum absolute atomic E-state index is 0.336. The Labute approximate surface area is 181 Å². The molecule has 0 radical (unpaired) electrons. The summed E-state index contributed by atoms with van der Waals surface area (Å²) in [6.45, 7) is 2.00. The van der Waals surface area contributed by atoms with Gasteiger partial charge in [0.15, 0.2) is 5.82 Å². The van der Waals surface area contributed by atoms with E-state index in [0.717, 1.165) is 17.1 Å². The first-order valence-electron chi connectivity index (χ1n) is 10.2. The number of benzene rings is 3. The lowest BCUT2D eigenvalue weighted by Crippen LogP contribution is -2.48. The summed E-state index contributed by atoms with van der Waals surface area (Å²) in [5.74, 6) is 0.765. The van der Waals surface area contributed by atoms with Crippen LogP contribution in [-0.2, 0) is 10.0 Å². The molecule has 2 heterocycles. The number of sulfonamides is 1. The summed E-state index contributed by atoms with van der Waals surface area (Å²) in [6.07, 6.45) is 0. The average molecular weight is 431 g/mol. The molecule has 0 saturated carbocycles. The van der Waals surface area contributed by atoms with Gasteiger partial charge in [-0.25, -0.2) is 8.42 Å². The van der Waals surface area contributed by atoms with Gasteiger partial charge < -0.3 is 4.90 Å². The van der Waals surface area contributed by atoms with Crippen LogP contribution < -0.4 is 4.90 Å². The van der Waals surface area contributed by atoms with Crippen LogP contribution in [0.1, 0.15) is 0 Å². The number of nitrogens with zero attached hydrogens (tertiary/aromatic N) is 4. The number of aromatic nitrogens is 2. The van der Waals surface area contributed by atoms with Crippen molar-refractivity contribution in [3.63, 3.8) is 0 Å². The third-order valence-electron chi connectivity index (χ3n) is 5.64. The van der Waals surface area contributed by atoms with Crippen LogP contribution in [0.2, 0.25) is 0 Å². The van der Waals surface area contributed by atoms with E-state index in [2.05, 4.69) is 45.4 Å². The van der Waals surface area contributed by atoms with Crippen molar-refractivity contribution in [3.05, 3.63) is 84.9 Å². The Bertz CT molecular complexity index is 1300. The summed E-state index contributed by atoms with van der Waals surface area (Å²) in [5, 5.41) is 11.2. The molecule has 1 saturated heterocycles. The van der Waals surface area contributed by atoms with Gasteiger partial charge in [0.2, 0.25) is 10.0 Å². The summed E-state index contributed by atoms with van der Waals surface area (Å²) in [5.41, 5.74) is 1.84. The molecule has 0 spiro atoms. The first-order chi connectivity index (χ1) is 15.1. The molecule has 6 nitrogen and oxygen atoms in total. The maximum atomic E-state index is 12.8. The summed E-state index contributed by atoms with van der Waals surface area (Å²) < 4.78 is 27.1. The summed E-state index contributed by atoms with van der Waals surface area (Å²) in [7, 11) is -3.46. The van der Waals surface area contributed by atoms with Crippen LogP contribution in [0.4, 0.5) is 5.82 Å². The fraction of sp³-hybridized carbons (Fsp3) is 0.167. The van der Waals surface area contributed by atoms with Crippen molar-refractivity contribution >= 4 is 26.6 Å². The molecule has 0 amide bonds. The highest BCUT2D eigenvalue weighted by Crippen LogP contribution is 2.24. The maximum Gasteiger partial charge on any atom is 0.243 e. The fourth-order valence-electron chi connectivity index (χ4n) is 3.90. The van der Waals surface area contributed by atoms with E-state index in [1.807, 2.05) is 30.3 Å². The first kappa shape index (κ1) is 19.7. The fourth-order valence-corrected chi connectivity index (χ4v) is 5.34. The Hall–Kier alpha value is -3.29. The topological polar surface area (TPSA) is 66.4 Å². The molecule has 1 aliphatic heterocycles. The number of fused-ring (bicyclic) bond motifs is 1. The third kappa shape index (κ3) is 3.89. The second kappa shape index (κ2) is 8.09. The SMILES string of the molecule is O=S(=O)(c1ccccc1)N1CCN(c2ccc(-c3ccc4ccccc4c3)nn2)CC1. The predicted octanol–water partition coefficient (Wildman–Crippen LogP) is 3.81. The van der Waals surface area contributed by atoms with Gasteiger partial charge in [-0.3, -0.25) is 0 Å². The molecule has 0 bridgehead atoms. The molecular weight excluding hydrogens is 408 g/mol. The van der Waals surface area contributed by atoms with E-state index >= 15 is 0 Å². The number of piperazine rings is 1. The monoisotopic (exact) mass is 430 g/mol. The van der Waals surface area contributed by atoms with Crippen molar-refractivity contribution in [2.75, 3.05) is 31.1 Å². The highest BCUT2D eigenvalue weighted by atomic mass is 32.2. The molecule has 3 aromatic carbocycles. The minimum Gasteiger partial charge on any atom is -0.352 e. The molecule has 0 atom stereocenters. The van der Waals surface area contributed by atoms with Crippen LogP contribution in [0.15, 0.2) is 89.8 Å². The lowest BCUT2D eigenvalue weighted by Gasteiger charge is -2.34. The van der Waals surface area contributed by atoms with Gasteiger partial charge in [0.05, 0.1) is 10.6 Å². The normalized spacial score (nSPS) is 15.3. The van der Waals surface area contributed by atoms with E-state index < -0.39 is 10.0 Å². The lowest BCUT2D eigenvalue weighted by molar-refractivity contribution is 0.383. The molecule has 0 unspecified atom stereocenters. The first-order valence-corrected chi connectivity index (χ1v) is 11.7. The van der Waals surface area contributed by atoms with E-state index in [1.54, 1.807) is 24.3 Å². The van der Waals surface area contributed by atoms with Crippen LogP contribution in [0.5, 0.6) is 0 Å². The van der Waals surface area contributed by atoms with Crippen molar-refractivity contribution in [2.45, 2.75) is 4.90 Å². The zero-order valence-electron chi connectivity index (χ0n) is 16.9. The smallest absolute Gasteiger partial charge is 0.243 e. The van der Waals surface area contributed by atoms with Gasteiger partial charge in [-0.1, -0.05) is 54.6 Å². The molecule has 1 aliphatic rings. The van der Waals surface area contributed by atoms with Gasteiger partial charge >= 0.3 is 0 Å². The van der Waals surface area contributed by atoms with Gasteiger partial charge in [-0.2, -0.15) is 4.31 Å². The minimum atomic E-state index is -3.46. The Morgan fingerprint density at radius 2 is 1.39 bits per heavy atom. The standard InChI is InChI=1S/C24H22N4O2S/c29-31(30,22-8-2-1-3-9-22)28-16-14-27(15-17-28)24-13-12-23(25-26-24)21-11-10-19-6-4-5-7-20(19)18-21/h1-13,18H,14-17H2. The van der Waals surface area contributed by atoms with E-state index in [-0.39, 0.29) is 0 Å². The van der Waals surface area contributed by atoms with Gasteiger partial charge in [0, 0.05) is 31.7 Å². The van der Waals surface area contributed by atoms with Crippen LogP contribution in [0, 0.1) is 0 Å². The van der Waals surface area contributed by atoms with Crippen LogP contribution in [0.3, 0.4) is 0 Å². The number of rotatable bonds is 4. The molecule has 1 fully saturated rings.